The van der Waals surface area contributed by atoms with Gasteiger partial charge in [-0.1, -0.05) is 29.8 Å². The molecule has 1 N–H and O–H groups in total. The minimum absolute atomic E-state index is 0.0875. The Morgan fingerprint density at radius 1 is 1.12 bits per heavy atom. The number of benzene rings is 2. The van der Waals surface area contributed by atoms with Crippen LogP contribution >= 0.6 is 0 Å². The summed E-state index contributed by atoms with van der Waals surface area (Å²) in [5, 5.41) is 2.91. The molecule has 2 aromatic carbocycles. The van der Waals surface area contributed by atoms with Crippen LogP contribution in [0.4, 0.5) is 0 Å². The lowest BCUT2D eigenvalue weighted by Crippen LogP contribution is -2.25. The lowest BCUT2D eigenvalue weighted by Gasteiger charge is -2.17. The third-order valence-corrected chi connectivity index (χ3v) is 6.23. The molecule has 0 atom stereocenters. The quantitative estimate of drug-likeness (QED) is 0.928. The predicted octanol–water partition coefficient (Wildman–Crippen LogP) is 2.69. The van der Waals surface area contributed by atoms with E-state index < -0.39 is 9.84 Å². The SMILES string of the molecule is Cc1ccc(C(=O)NCCc2ccc3c(c2)CCCS3(=O)=O)cc1. The number of amides is 1. The van der Waals surface area contributed by atoms with Gasteiger partial charge in [0.1, 0.15) is 0 Å². The van der Waals surface area contributed by atoms with Crippen molar-refractivity contribution < 1.29 is 13.2 Å². The summed E-state index contributed by atoms with van der Waals surface area (Å²) in [6.07, 6.45) is 2.17. The maximum Gasteiger partial charge on any atom is 0.251 e. The number of carbonyl (C=O) groups is 1. The van der Waals surface area contributed by atoms with Gasteiger partial charge in [-0.15, -0.1) is 0 Å². The highest BCUT2D eigenvalue weighted by atomic mass is 32.2. The maximum absolute atomic E-state index is 12.1. The van der Waals surface area contributed by atoms with Crippen molar-refractivity contribution >= 4 is 15.7 Å². The maximum atomic E-state index is 12.1. The molecule has 0 unspecified atom stereocenters. The summed E-state index contributed by atoms with van der Waals surface area (Å²) in [6, 6.07) is 13.0. The van der Waals surface area contributed by atoms with Crippen LogP contribution in [0.25, 0.3) is 0 Å². The van der Waals surface area contributed by atoms with Crippen LogP contribution < -0.4 is 5.32 Å². The van der Waals surface area contributed by atoms with Crippen molar-refractivity contribution in [2.24, 2.45) is 0 Å². The molecule has 1 heterocycles. The summed E-state index contributed by atoms with van der Waals surface area (Å²) >= 11 is 0. The second kappa shape index (κ2) is 6.77. The monoisotopic (exact) mass is 343 g/mol. The first-order valence-corrected chi connectivity index (χ1v) is 9.80. The topological polar surface area (TPSA) is 63.2 Å². The Labute approximate surface area is 142 Å². The van der Waals surface area contributed by atoms with Crippen LogP contribution in [0.2, 0.25) is 0 Å². The van der Waals surface area contributed by atoms with Gasteiger partial charge in [0.2, 0.25) is 0 Å². The van der Waals surface area contributed by atoms with Crippen LogP contribution in [0.5, 0.6) is 0 Å². The van der Waals surface area contributed by atoms with Gasteiger partial charge in [-0.2, -0.15) is 0 Å². The fourth-order valence-electron chi connectivity index (χ4n) is 2.98. The van der Waals surface area contributed by atoms with E-state index in [1.54, 1.807) is 6.07 Å². The van der Waals surface area contributed by atoms with E-state index in [-0.39, 0.29) is 11.7 Å². The third-order valence-electron chi connectivity index (χ3n) is 4.33. The van der Waals surface area contributed by atoms with Gasteiger partial charge in [-0.25, -0.2) is 8.42 Å². The minimum atomic E-state index is -3.10. The van der Waals surface area contributed by atoms with Crippen LogP contribution in [0, 0.1) is 6.92 Å². The number of fused-ring (bicyclic) bond motifs is 1. The summed E-state index contributed by atoms with van der Waals surface area (Å²) in [5.41, 5.74) is 3.73. The van der Waals surface area contributed by atoms with Crippen molar-refractivity contribution in [3.05, 3.63) is 64.7 Å². The Bertz CT molecular complexity index is 855. The summed E-state index contributed by atoms with van der Waals surface area (Å²) in [7, 11) is -3.10. The van der Waals surface area contributed by atoms with Gasteiger partial charge in [-0.05, 0) is 55.5 Å². The fourth-order valence-corrected chi connectivity index (χ4v) is 4.56. The van der Waals surface area contributed by atoms with Gasteiger partial charge in [0, 0.05) is 12.1 Å². The van der Waals surface area contributed by atoms with Crippen molar-refractivity contribution in [2.75, 3.05) is 12.3 Å². The number of hydrogen-bond acceptors (Lipinski definition) is 3. The third kappa shape index (κ3) is 3.67. The molecular formula is C19H21NO3S. The molecule has 1 aliphatic rings. The highest BCUT2D eigenvalue weighted by Crippen LogP contribution is 2.25. The summed E-state index contributed by atoms with van der Waals surface area (Å²) in [6.45, 7) is 2.51. The van der Waals surface area contributed by atoms with Crippen molar-refractivity contribution in [1.29, 1.82) is 0 Å². The molecule has 2 aromatic rings. The first-order valence-electron chi connectivity index (χ1n) is 8.15. The van der Waals surface area contributed by atoms with Gasteiger partial charge < -0.3 is 5.32 Å². The van der Waals surface area contributed by atoms with E-state index in [2.05, 4.69) is 5.32 Å². The Morgan fingerprint density at radius 2 is 1.88 bits per heavy atom. The Kier molecular flexibility index (Phi) is 4.71. The Balaban J connectivity index is 1.61. The number of sulfone groups is 1. The van der Waals surface area contributed by atoms with Crippen molar-refractivity contribution in [3.63, 3.8) is 0 Å². The first-order chi connectivity index (χ1) is 11.5. The molecule has 24 heavy (non-hydrogen) atoms. The molecule has 0 radical (unpaired) electrons. The van der Waals surface area contributed by atoms with E-state index in [1.807, 2.05) is 43.3 Å². The molecule has 0 saturated carbocycles. The molecular weight excluding hydrogens is 322 g/mol. The van der Waals surface area contributed by atoms with E-state index in [0.29, 0.717) is 29.8 Å². The predicted molar refractivity (Wildman–Crippen MR) is 94.0 cm³/mol. The second-order valence-electron chi connectivity index (χ2n) is 6.24. The van der Waals surface area contributed by atoms with Gasteiger partial charge in [0.25, 0.3) is 5.91 Å². The van der Waals surface area contributed by atoms with Crippen LogP contribution in [0.1, 0.15) is 33.5 Å². The standard InChI is InChI=1S/C19H21NO3S/c1-14-4-7-16(8-5-14)19(21)20-11-10-15-6-9-18-17(13-15)3-2-12-24(18,22)23/h4-9,13H,2-3,10-12H2,1H3,(H,20,21). The summed E-state index contributed by atoms with van der Waals surface area (Å²) in [4.78, 5) is 12.5. The molecule has 5 heteroatoms. The number of rotatable bonds is 4. The van der Waals surface area contributed by atoms with Crippen LogP contribution in [0.15, 0.2) is 47.4 Å². The van der Waals surface area contributed by atoms with Crippen LogP contribution in [-0.4, -0.2) is 26.6 Å². The minimum Gasteiger partial charge on any atom is -0.352 e. The molecule has 4 nitrogen and oxygen atoms in total. The molecule has 0 aromatic heterocycles. The van der Waals surface area contributed by atoms with Crippen LogP contribution in [-0.2, 0) is 22.7 Å². The molecule has 0 saturated heterocycles. The average Bonchev–Trinajstić information content (AvgIpc) is 2.55. The van der Waals surface area contributed by atoms with Gasteiger partial charge in [0.05, 0.1) is 10.6 Å². The zero-order valence-electron chi connectivity index (χ0n) is 13.7. The lowest BCUT2D eigenvalue weighted by atomic mass is 10.0. The number of aryl methyl sites for hydroxylation is 2. The average molecular weight is 343 g/mol. The fraction of sp³-hybridized carbons (Fsp3) is 0.316. The molecule has 0 bridgehead atoms. The van der Waals surface area contributed by atoms with E-state index in [0.717, 1.165) is 23.1 Å². The second-order valence-corrected chi connectivity index (χ2v) is 8.31. The normalized spacial score (nSPS) is 15.5. The lowest BCUT2D eigenvalue weighted by molar-refractivity contribution is 0.0954. The van der Waals surface area contributed by atoms with E-state index in [9.17, 15) is 13.2 Å². The van der Waals surface area contributed by atoms with E-state index in [1.165, 1.54) is 0 Å². The van der Waals surface area contributed by atoms with Crippen LogP contribution in [0.3, 0.4) is 0 Å². The molecule has 126 valence electrons. The van der Waals surface area contributed by atoms with E-state index in [4.69, 9.17) is 0 Å². The van der Waals surface area contributed by atoms with Gasteiger partial charge in [-0.3, -0.25) is 4.79 Å². The van der Waals surface area contributed by atoms with Crippen molar-refractivity contribution in [3.8, 4) is 0 Å². The summed E-state index contributed by atoms with van der Waals surface area (Å²) in [5.74, 6) is 0.155. The van der Waals surface area contributed by atoms with Crippen molar-refractivity contribution in [2.45, 2.75) is 31.1 Å². The highest BCUT2D eigenvalue weighted by Gasteiger charge is 2.23. The first kappa shape index (κ1) is 16.7. The molecule has 1 aliphatic heterocycles. The Morgan fingerprint density at radius 3 is 2.62 bits per heavy atom. The molecule has 0 fully saturated rings. The van der Waals surface area contributed by atoms with Crippen molar-refractivity contribution in [1.82, 2.24) is 5.32 Å². The number of hydrogen-bond donors (Lipinski definition) is 1. The van der Waals surface area contributed by atoms with E-state index >= 15 is 0 Å². The number of carbonyl (C=O) groups excluding carboxylic acids is 1. The van der Waals surface area contributed by atoms with Gasteiger partial charge in [0.15, 0.2) is 9.84 Å². The number of nitrogens with one attached hydrogen (secondary N) is 1. The zero-order valence-corrected chi connectivity index (χ0v) is 14.5. The molecule has 3 rings (SSSR count). The smallest absolute Gasteiger partial charge is 0.251 e. The summed E-state index contributed by atoms with van der Waals surface area (Å²) < 4.78 is 24.0. The largest absolute Gasteiger partial charge is 0.352 e. The van der Waals surface area contributed by atoms with Gasteiger partial charge >= 0.3 is 0 Å². The Hall–Kier alpha value is -2.14. The molecule has 0 aliphatic carbocycles. The highest BCUT2D eigenvalue weighted by molar-refractivity contribution is 7.91. The molecule has 0 spiro atoms. The molecule has 1 amide bonds. The zero-order chi connectivity index (χ0) is 17.2.